The van der Waals surface area contributed by atoms with Gasteiger partial charge in [0.15, 0.2) is 0 Å². The van der Waals surface area contributed by atoms with Gasteiger partial charge in [0, 0.05) is 17.7 Å². The van der Waals surface area contributed by atoms with E-state index in [0.717, 1.165) is 6.42 Å². The number of amides is 1. The maximum Gasteiger partial charge on any atom is 0.306 e. The Morgan fingerprint density at radius 3 is 2.37 bits per heavy atom. The summed E-state index contributed by atoms with van der Waals surface area (Å²) in [5.74, 6) is -0.626. The molecule has 0 unspecified atom stereocenters. The van der Waals surface area contributed by atoms with Gasteiger partial charge >= 0.3 is 5.97 Å². The molecule has 0 bridgehead atoms. The van der Waals surface area contributed by atoms with Crippen LogP contribution in [0.2, 0.25) is 0 Å². The highest BCUT2D eigenvalue weighted by Crippen LogP contribution is 2.29. The molecule has 0 spiro atoms. The molecule has 1 amide bonds. The molecule has 0 saturated heterocycles. The van der Waals surface area contributed by atoms with Crippen molar-refractivity contribution in [2.45, 2.75) is 44.6 Å². The van der Waals surface area contributed by atoms with Crippen LogP contribution in [0, 0.1) is 11.7 Å². The van der Waals surface area contributed by atoms with E-state index in [-0.39, 0.29) is 11.8 Å². The van der Waals surface area contributed by atoms with Crippen LogP contribution in [0.1, 0.15) is 50.2 Å². The van der Waals surface area contributed by atoms with Gasteiger partial charge in [0.05, 0.1) is 0 Å². The SMILES string of the molecule is O=C(CCC1CCCC1)O[C@@H](C(=O)Nc1ccc(F)cc1)c1ccccc1. The molecule has 2 aromatic rings. The Hall–Kier alpha value is -2.69. The highest BCUT2D eigenvalue weighted by atomic mass is 19.1. The number of nitrogens with one attached hydrogen (secondary N) is 1. The summed E-state index contributed by atoms with van der Waals surface area (Å²) < 4.78 is 18.6. The van der Waals surface area contributed by atoms with Crippen LogP contribution in [0.3, 0.4) is 0 Å². The standard InChI is InChI=1S/C22H24FNO3/c23-18-11-13-19(14-12-18)24-22(26)21(17-8-2-1-3-9-17)27-20(25)15-10-16-6-4-5-7-16/h1-3,8-9,11-14,16,21H,4-7,10,15H2,(H,24,26)/t21-/m1/s1. The lowest BCUT2D eigenvalue weighted by molar-refractivity contribution is -0.155. The van der Waals surface area contributed by atoms with Crippen LogP contribution in [0.5, 0.6) is 0 Å². The molecule has 3 rings (SSSR count). The Morgan fingerprint density at radius 1 is 1.04 bits per heavy atom. The molecule has 0 aromatic heterocycles. The van der Waals surface area contributed by atoms with Crippen molar-refractivity contribution in [3.8, 4) is 0 Å². The van der Waals surface area contributed by atoms with Crippen LogP contribution in [-0.2, 0) is 14.3 Å². The van der Waals surface area contributed by atoms with Gasteiger partial charge in [0.2, 0.25) is 6.10 Å². The first-order chi connectivity index (χ1) is 13.1. The van der Waals surface area contributed by atoms with E-state index in [9.17, 15) is 14.0 Å². The molecule has 5 heteroatoms. The molecule has 4 nitrogen and oxygen atoms in total. The van der Waals surface area contributed by atoms with Crippen LogP contribution in [0.15, 0.2) is 54.6 Å². The summed E-state index contributed by atoms with van der Waals surface area (Å²) in [6, 6.07) is 14.4. The van der Waals surface area contributed by atoms with Crippen LogP contribution < -0.4 is 5.32 Å². The van der Waals surface area contributed by atoms with Gasteiger partial charge in [-0.3, -0.25) is 9.59 Å². The predicted molar refractivity (Wildman–Crippen MR) is 101 cm³/mol. The van der Waals surface area contributed by atoms with Gasteiger partial charge in [-0.1, -0.05) is 56.0 Å². The third-order valence-corrected chi connectivity index (χ3v) is 4.93. The minimum atomic E-state index is -1.03. The minimum absolute atomic E-state index is 0.317. The monoisotopic (exact) mass is 369 g/mol. The minimum Gasteiger partial charge on any atom is -0.447 e. The molecule has 1 aliphatic carbocycles. The zero-order valence-corrected chi connectivity index (χ0v) is 15.2. The number of carbonyl (C=O) groups is 2. The van der Waals surface area contributed by atoms with E-state index in [1.807, 2.05) is 6.07 Å². The van der Waals surface area contributed by atoms with Crippen LogP contribution in [0.25, 0.3) is 0 Å². The van der Waals surface area contributed by atoms with E-state index in [1.165, 1.54) is 49.9 Å². The van der Waals surface area contributed by atoms with Gasteiger partial charge < -0.3 is 10.1 Å². The molecule has 1 N–H and O–H groups in total. The smallest absolute Gasteiger partial charge is 0.306 e. The van der Waals surface area contributed by atoms with Crippen molar-refractivity contribution in [3.63, 3.8) is 0 Å². The number of esters is 1. The first-order valence-electron chi connectivity index (χ1n) is 9.42. The Labute approximate surface area is 158 Å². The van der Waals surface area contributed by atoms with Crippen molar-refractivity contribution in [1.82, 2.24) is 0 Å². The topological polar surface area (TPSA) is 55.4 Å². The molecule has 0 aliphatic heterocycles. The van der Waals surface area contributed by atoms with Crippen LogP contribution >= 0.6 is 0 Å². The fourth-order valence-corrected chi connectivity index (χ4v) is 3.45. The first-order valence-corrected chi connectivity index (χ1v) is 9.42. The summed E-state index contributed by atoms with van der Waals surface area (Å²) in [7, 11) is 0. The van der Waals surface area contributed by atoms with E-state index < -0.39 is 12.0 Å². The van der Waals surface area contributed by atoms with E-state index in [4.69, 9.17) is 4.74 Å². The Kier molecular flexibility index (Phi) is 6.58. The summed E-state index contributed by atoms with van der Waals surface area (Å²) in [6.07, 6.45) is 4.88. The van der Waals surface area contributed by atoms with Gasteiger partial charge in [0.25, 0.3) is 5.91 Å². The van der Waals surface area contributed by atoms with E-state index in [0.29, 0.717) is 23.6 Å². The molecule has 1 fully saturated rings. The van der Waals surface area contributed by atoms with Crippen LogP contribution in [0.4, 0.5) is 10.1 Å². The zero-order valence-electron chi connectivity index (χ0n) is 15.2. The van der Waals surface area contributed by atoms with Gasteiger partial charge in [-0.15, -0.1) is 0 Å². The molecular formula is C22H24FNO3. The molecule has 27 heavy (non-hydrogen) atoms. The second kappa shape index (κ2) is 9.31. The lowest BCUT2D eigenvalue weighted by Crippen LogP contribution is -2.26. The van der Waals surface area contributed by atoms with E-state index >= 15 is 0 Å². The summed E-state index contributed by atoms with van der Waals surface area (Å²) >= 11 is 0. The number of benzene rings is 2. The lowest BCUT2D eigenvalue weighted by atomic mass is 10.0. The molecule has 0 radical (unpaired) electrons. The second-order valence-corrected chi connectivity index (χ2v) is 6.97. The molecule has 1 atom stereocenters. The number of hydrogen-bond donors (Lipinski definition) is 1. The van der Waals surface area contributed by atoms with E-state index in [1.54, 1.807) is 24.3 Å². The molecule has 2 aromatic carbocycles. The second-order valence-electron chi connectivity index (χ2n) is 6.97. The number of halogens is 1. The summed E-state index contributed by atoms with van der Waals surface area (Å²) in [6.45, 7) is 0. The maximum atomic E-state index is 13.1. The van der Waals surface area contributed by atoms with Gasteiger partial charge in [-0.2, -0.15) is 0 Å². The predicted octanol–water partition coefficient (Wildman–Crippen LogP) is 5.02. The molecule has 142 valence electrons. The summed E-state index contributed by atoms with van der Waals surface area (Å²) in [5, 5.41) is 2.69. The Bertz CT molecular complexity index is 755. The van der Waals surface area contributed by atoms with Gasteiger partial charge in [-0.05, 0) is 36.6 Å². The van der Waals surface area contributed by atoms with Crippen molar-refractivity contribution in [1.29, 1.82) is 0 Å². The quantitative estimate of drug-likeness (QED) is 0.697. The first kappa shape index (κ1) is 19.1. The van der Waals surface area contributed by atoms with Crippen molar-refractivity contribution < 1.29 is 18.7 Å². The lowest BCUT2D eigenvalue weighted by Gasteiger charge is -2.18. The fourth-order valence-electron chi connectivity index (χ4n) is 3.45. The highest BCUT2D eigenvalue weighted by molar-refractivity contribution is 5.96. The maximum absolute atomic E-state index is 13.1. The number of carbonyl (C=O) groups excluding carboxylic acids is 2. The number of hydrogen-bond acceptors (Lipinski definition) is 3. The van der Waals surface area contributed by atoms with Crippen molar-refractivity contribution in [3.05, 3.63) is 66.0 Å². The molecular weight excluding hydrogens is 345 g/mol. The summed E-state index contributed by atoms with van der Waals surface area (Å²) in [5.41, 5.74) is 1.05. The normalized spacial score (nSPS) is 15.3. The van der Waals surface area contributed by atoms with Crippen LogP contribution in [-0.4, -0.2) is 11.9 Å². The molecule has 0 heterocycles. The number of ether oxygens (including phenoxy) is 1. The Balaban J connectivity index is 1.65. The van der Waals surface area contributed by atoms with Crippen molar-refractivity contribution >= 4 is 17.6 Å². The van der Waals surface area contributed by atoms with Crippen molar-refractivity contribution in [2.75, 3.05) is 5.32 Å². The molecule has 1 aliphatic rings. The van der Waals surface area contributed by atoms with E-state index in [2.05, 4.69) is 5.32 Å². The Morgan fingerprint density at radius 2 is 1.70 bits per heavy atom. The van der Waals surface area contributed by atoms with Crippen molar-refractivity contribution in [2.24, 2.45) is 5.92 Å². The summed E-state index contributed by atoms with van der Waals surface area (Å²) in [4.78, 5) is 25.0. The largest absolute Gasteiger partial charge is 0.447 e. The average molecular weight is 369 g/mol. The number of rotatable bonds is 7. The fraction of sp³-hybridized carbons (Fsp3) is 0.364. The van der Waals surface area contributed by atoms with Gasteiger partial charge in [-0.25, -0.2) is 4.39 Å². The average Bonchev–Trinajstić information content (AvgIpc) is 3.20. The molecule has 1 saturated carbocycles. The zero-order chi connectivity index (χ0) is 19.1. The highest BCUT2D eigenvalue weighted by Gasteiger charge is 2.26. The third kappa shape index (κ3) is 5.64. The number of anilines is 1. The third-order valence-electron chi connectivity index (χ3n) is 4.93. The van der Waals surface area contributed by atoms with Gasteiger partial charge in [0.1, 0.15) is 5.82 Å².